The number of rotatable bonds is 10. The number of carbonyl (C=O) groups excluding carboxylic acids is 2. The molecule has 0 saturated carbocycles. The predicted molar refractivity (Wildman–Crippen MR) is 156 cm³/mol. The number of benzene rings is 3. The van der Waals surface area contributed by atoms with E-state index in [-0.39, 0.29) is 28.6 Å². The molecule has 1 N–H and O–H groups in total. The number of nitrogens with one attached hydrogen (secondary N) is 1. The van der Waals surface area contributed by atoms with Crippen LogP contribution in [0.15, 0.2) is 77.7 Å². The lowest BCUT2D eigenvalue weighted by Crippen LogP contribution is -2.55. The SMILES string of the molecule is CCC(C(=O)NC(C)(C)C)N(Cc1ccc(F)cc1)C(=O)CN(c1ccc(Cl)cc1Cl)S(=O)(=O)c1ccccc1. The summed E-state index contributed by atoms with van der Waals surface area (Å²) in [6.45, 7) is 6.51. The molecule has 0 aliphatic rings. The zero-order valence-electron chi connectivity index (χ0n) is 22.7. The van der Waals surface area contributed by atoms with Gasteiger partial charge in [-0.2, -0.15) is 0 Å². The van der Waals surface area contributed by atoms with Crippen molar-refractivity contribution in [2.75, 3.05) is 10.8 Å². The molecule has 0 aliphatic carbocycles. The van der Waals surface area contributed by atoms with Gasteiger partial charge in [0.2, 0.25) is 11.8 Å². The predicted octanol–water partition coefficient (Wildman–Crippen LogP) is 6.05. The van der Waals surface area contributed by atoms with Crippen LogP contribution in [0.4, 0.5) is 10.1 Å². The minimum atomic E-state index is -4.27. The Morgan fingerprint density at radius 3 is 2.15 bits per heavy atom. The van der Waals surface area contributed by atoms with Gasteiger partial charge in [0.15, 0.2) is 0 Å². The van der Waals surface area contributed by atoms with E-state index in [2.05, 4.69) is 5.32 Å². The number of nitrogens with zero attached hydrogens (tertiary/aromatic N) is 2. The Labute approximate surface area is 244 Å². The van der Waals surface area contributed by atoms with Gasteiger partial charge in [-0.1, -0.05) is 60.5 Å². The summed E-state index contributed by atoms with van der Waals surface area (Å²) in [7, 11) is -4.27. The molecule has 1 atom stereocenters. The fraction of sp³-hybridized carbons (Fsp3) is 0.310. The van der Waals surface area contributed by atoms with Gasteiger partial charge in [-0.3, -0.25) is 13.9 Å². The summed E-state index contributed by atoms with van der Waals surface area (Å²) in [6.07, 6.45) is 0.252. The van der Waals surface area contributed by atoms with E-state index in [0.29, 0.717) is 10.6 Å². The summed E-state index contributed by atoms with van der Waals surface area (Å²) in [5.74, 6) is -1.49. The van der Waals surface area contributed by atoms with Crippen molar-refractivity contribution in [1.82, 2.24) is 10.2 Å². The van der Waals surface area contributed by atoms with Crippen LogP contribution in [0.2, 0.25) is 10.0 Å². The van der Waals surface area contributed by atoms with Crippen LogP contribution in [0.5, 0.6) is 0 Å². The molecule has 0 radical (unpaired) electrons. The van der Waals surface area contributed by atoms with Gasteiger partial charge in [0, 0.05) is 17.1 Å². The number of sulfonamides is 1. The number of carbonyl (C=O) groups is 2. The Morgan fingerprint density at radius 2 is 1.60 bits per heavy atom. The standard InChI is InChI=1S/C29H32Cl2FN3O4S/c1-5-25(28(37)33-29(2,3)4)34(18-20-11-14-22(32)15-12-20)27(36)19-35(26-16-13-21(30)17-24(26)31)40(38,39)23-9-7-6-8-10-23/h6-17,25H,5,18-19H2,1-4H3,(H,33,37). The van der Waals surface area contributed by atoms with Gasteiger partial charge in [0.25, 0.3) is 10.0 Å². The molecule has 0 spiro atoms. The average Bonchev–Trinajstić information content (AvgIpc) is 2.88. The van der Waals surface area contributed by atoms with Crippen molar-refractivity contribution < 1.29 is 22.4 Å². The van der Waals surface area contributed by atoms with Crippen LogP contribution in [0, 0.1) is 5.82 Å². The van der Waals surface area contributed by atoms with Gasteiger partial charge in [-0.25, -0.2) is 12.8 Å². The van der Waals surface area contributed by atoms with Gasteiger partial charge in [-0.15, -0.1) is 0 Å². The molecule has 214 valence electrons. The molecular weight excluding hydrogens is 576 g/mol. The zero-order chi connectivity index (χ0) is 29.7. The maximum absolute atomic E-state index is 14.0. The lowest BCUT2D eigenvalue weighted by atomic mass is 10.1. The Bertz CT molecular complexity index is 1450. The first-order valence-electron chi connectivity index (χ1n) is 12.6. The van der Waals surface area contributed by atoms with E-state index in [9.17, 15) is 22.4 Å². The Morgan fingerprint density at radius 1 is 0.975 bits per heavy atom. The highest BCUT2D eigenvalue weighted by molar-refractivity contribution is 7.92. The average molecular weight is 609 g/mol. The Kier molecular flexibility index (Phi) is 10.2. The molecular formula is C29H32Cl2FN3O4S. The lowest BCUT2D eigenvalue weighted by Gasteiger charge is -2.35. The number of amides is 2. The molecule has 0 aliphatic heterocycles. The largest absolute Gasteiger partial charge is 0.350 e. The molecule has 3 rings (SSSR count). The first kappa shape index (κ1) is 31.4. The zero-order valence-corrected chi connectivity index (χ0v) is 25.0. The van der Waals surface area contributed by atoms with Crippen LogP contribution in [-0.4, -0.2) is 43.3 Å². The van der Waals surface area contributed by atoms with Crippen LogP contribution < -0.4 is 9.62 Å². The quantitative estimate of drug-likeness (QED) is 0.304. The number of hydrogen-bond donors (Lipinski definition) is 1. The first-order valence-corrected chi connectivity index (χ1v) is 14.8. The van der Waals surface area contributed by atoms with Crippen LogP contribution in [0.25, 0.3) is 0 Å². The third-order valence-corrected chi connectivity index (χ3v) is 8.25. The van der Waals surface area contributed by atoms with Crippen LogP contribution >= 0.6 is 23.2 Å². The molecule has 3 aromatic rings. The first-order chi connectivity index (χ1) is 18.7. The highest BCUT2D eigenvalue weighted by atomic mass is 35.5. The van der Waals surface area contributed by atoms with Crippen molar-refractivity contribution in [1.29, 1.82) is 0 Å². The number of anilines is 1. The van der Waals surface area contributed by atoms with Crippen molar-refractivity contribution in [2.24, 2.45) is 0 Å². The van der Waals surface area contributed by atoms with E-state index < -0.39 is 45.8 Å². The molecule has 11 heteroatoms. The Hall–Kier alpha value is -3.14. The van der Waals surface area contributed by atoms with E-state index in [1.165, 1.54) is 59.5 Å². The third kappa shape index (κ3) is 7.96. The minimum absolute atomic E-state index is 0.0300. The maximum atomic E-state index is 14.0. The van der Waals surface area contributed by atoms with Crippen molar-refractivity contribution >= 4 is 50.7 Å². The molecule has 1 unspecified atom stereocenters. The number of halogens is 3. The highest BCUT2D eigenvalue weighted by Gasteiger charge is 2.35. The summed E-state index contributed by atoms with van der Waals surface area (Å²) in [5.41, 5.74) is 0.0465. The van der Waals surface area contributed by atoms with Crippen molar-refractivity contribution in [3.05, 3.63) is 94.2 Å². The van der Waals surface area contributed by atoms with Crippen molar-refractivity contribution in [2.45, 2.75) is 57.1 Å². The van der Waals surface area contributed by atoms with E-state index in [1.807, 2.05) is 20.8 Å². The molecule has 0 aromatic heterocycles. The van der Waals surface area contributed by atoms with E-state index in [4.69, 9.17) is 23.2 Å². The summed E-state index contributed by atoms with van der Waals surface area (Å²) in [6, 6.07) is 16.5. The second kappa shape index (κ2) is 13.0. The molecule has 2 amide bonds. The van der Waals surface area contributed by atoms with Gasteiger partial charge in [0.05, 0.1) is 15.6 Å². The summed E-state index contributed by atoms with van der Waals surface area (Å²) in [4.78, 5) is 28.6. The molecule has 0 saturated heterocycles. The smallest absolute Gasteiger partial charge is 0.264 e. The fourth-order valence-electron chi connectivity index (χ4n) is 4.08. The van der Waals surface area contributed by atoms with Crippen LogP contribution in [0.3, 0.4) is 0 Å². The van der Waals surface area contributed by atoms with Gasteiger partial charge in [0.1, 0.15) is 18.4 Å². The molecule has 40 heavy (non-hydrogen) atoms. The van der Waals surface area contributed by atoms with Crippen LogP contribution in [-0.2, 0) is 26.2 Å². The summed E-state index contributed by atoms with van der Waals surface area (Å²) >= 11 is 12.5. The lowest BCUT2D eigenvalue weighted by molar-refractivity contribution is -0.141. The van der Waals surface area contributed by atoms with Crippen molar-refractivity contribution in [3.8, 4) is 0 Å². The second-order valence-corrected chi connectivity index (χ2v) is 12.9. The monoisotopic (exact) mass is 607 g/mol. The fourth-order valence-corrected chi connectivity index (χ4v) is 6.09. The molecule has 7 nitrogen and oxygen atoms in total. The van der Waals surface area contributed by atoms with Gasteiger partial charge < -0.3 is 10.2 Å². The van der Waals surface area contributed by atoms with Gasteiger partial charge in [-0.05, 0) is 75.2 Å². The second-order valence-electron chi connectivity index (χ2n) is 10.2. The normalized spacial score (nSPS) is 12.5. The summed E-state index contributed by atoms with van der Waals surface area (Å²) in [5, 5.41) is 3.22. The molecule has 0 fully saturated rings. The van der Waals surface area contributed by atoms with Gasteiger partial charge >= 0.3 is 0 Å². The van der Waals surface area contributed by atoms with Crippen molar-refractivity contribution in [3.63, 3.8) is 0 Å². The number of hydrogen-bond acceptors (Lipinski definition) is 4. The summed E-state index contributed by atoms with van der Waals surface area (Å²) < 4.78 is 42.2. The highest BCUT2D eigenvalue weighted by Crippen LogP contribution is 2.33. The third-order valence-electron chi connectivity index (χ3n) is 5.94. The Balaban J connectivity index is 2.09. The van der Waals surface area contributed by atoms with Crippen LogP contribution in [0.1, 0.15) is 39.7 Å². The van der Waals surface area contributed by atoms with E-state index in [0.717, 1.165) is 4.31 Å². The minimum Gasteiger partial charge on any atom is -0.350 e. The molecule has 3 aromatic carbocycles. The molecule has 0 heterocycles. The van der Waals surface area contributed by atoms with E-state index in [1.54, 1.807) is 25.1 Å². The molecule has 0 bridgehead atoms. The maximum Gasteiger partial charge on any atom is 0.264 e. The van der Waals surface area contributed by atoms with E-state index >= 15 is 0 Å². The topological polar surface area (TPSA) is 86.8 Å².